The monoisotopic (exact) mass is 257 g/mol. The average molecular weight is 258 g/mol. The van der Waals surface area contributed by atoms with Crippen molar-refractivity contribution >= 4 is 11.6 Å². The lowest BCUT2D eigenvalue weighted by atomic mass is 9.90. The van der Waals surface area contributed by atoms with E-state index in [1.807, 2.05) is 0 Å². The molecule has 0 aliphatic carbocycles. The normalized spacial score (nSPS) is 14.6. The zero-order valence-electron chi connectivity index (χ0n) is 10.8. The second-order valence-corrected chi connectivity index (χ2v) is 4.89. The van der Waals surface area contributed by atoms with E-state index < -0.39 is 0 Å². The number of benzene rings is 1. The van der Waals surface area contributed by atoms with Crippen molar-refractivity contribution in [1.29, 1.82) is 0 Å². The summed E-state index contributed by atoms with van der Waals surface area (Å²) in [4.78, 5) is 0. The predicted octanol–water partition coefficient (Wildman–Crippen LogP) is 4.05. The van der Waals surface area contributed by atoms with Gasteiger partial charge in [0.2, 0.25) is 0 Å². The average Bonchev–Trinajstić information content (AvgIpc) is 2.30. The molecule has 0 saturated carbocycles. The third kappa shape index (κ3) is 4.29. The van der Waals surface area contributed by atoms with Gasteiger partial charge in [-0.15, -0.1) is 0 Å². The van der Waals surface area contributed by atoms with Crippen LogP contribution in [0.3, 0.4) is 0 Å². The Labute approximate surface area is 108 Å². The Bertz CT molecular complexity index is 354. The van der Waals surface area contributed by atoms with Crippen molar-refractivity contribution in [2.45, 2.75) is 39.7 Å². The molecule has 3 heteroatoms. The number of halogens is 2. The number of hydrogen-bond donors (Lipinski definition) is 1. The van der Waals surface area contributed by atoms with Gasteiger partial charge in [0, 0.05) is 11.1 Å². The van der Waals surface area contributed by atoms with E-state index in [1.54, 1.807) is 12.1 Å². The van der Waals surface area contributed by atoms with Crippen LogP contribution in [0.1, 0.15) is 32.8 Å². The number of rotatable bonds is 6. The molecule has 0 aliphatic rings. The van der Waals surface area contributed by atoms with Crippen LogP contribution in [0.2, 0.25) is 5.02 Å². The summed E-state index contributed by atoms with van der Waals surface area (Å²) in [6, 6.07) is 5.17. The van der Waals surface area contributed by atoms with Crippen LogP contribution < -0.4 is 5.32 Å². The predicted molar refractivity (Wildman–Crippen MR) is 72.0 cm³/mol. The van der Waals surface area contributed by atoms with Crippen LogP contribution in [0.15, 0.2) is 18.2 Å². The summed E-state index contributed by atoms with van der Waals surface area (Å²) in [7, 11) is 0. The summed E-state index contributed by atoms with van der Waals surface area (Å²) in [6.07, 6.45) is 1.76. The van der Waals surface area contributed by atoms with Crippen molar-refractivity contribution in [1.82, 2.24) is 5.32 Å². The van der Waals surface area contributed by atoms with Gasteiger partial charge in [0.25, 0.3) is 0 Å². The van der Waals surface area contributed by atoms with Crippen molar-refractivity contribution < 1.29 is 4.39 Å². The van der Waals surface area contributed by atoms with Gasteiger partial charge >= 0.3 is 0 Å². The van der Waals surface area contributed by atoms with Crippen LogP contribution in [0.4, 0.5) is 4.39 Å². The molecule has 1 aromatic rings. The first-order valence-electron chi connectivity index (χ1n) is 6.25. The van der Waals surface area contributed by atoms with E-state index in [9.17, 15) is 4.39 Å². The lowest BCUT2D eigenvalue weighted by Gasteiger charge is -2.23. The molecule has 1 aromatic carbocycles. The van der Waals surface area contributed by atoms with E-state index in [0.29, 0.717) is 22.5 Å². The molecule has 0 spiro atoms. The van der Waals surface area contributed by atoms with Gasteiger partial charge in [-0.1, -0.05) is 31.9 Å². The molecule has 2 unspecified atom stereocenters. The quantitative estimate of drug-likeness (QED) is 0.811. The zero-order chi connectivity index (χ0) is 12.8. The molecule has 1 N–H and O–H groups in total. The molecule has 0 amide bonds. The van der Waals surface area contributed by atoms with Crippen molar-refractivity contribution in [2.24, 2.45) is 5.92 Å². The van der Waals surface area contributed by atoms with Crippen LogP contribution >= 0.6 is 11.6 Å². The Morgan fingerprint density at radius 3 is 2.65 bits per heavy atom. The van der Waals surface area contributed by atoms with E-state index in [1.165, 1.54) is 6.07 Å². The molecule has 0 heterocycles. The molecule has 96 valence electrons. The maximum absolute atomic E-state index is 13.6. The van der Waals surface area contributed by atoms with Gasteiger partial charge in [-0.05, 0) is 49.6 Å². The Kier molecular flexibility index (Phi) is 5.93. The van der Waals surface area contributed by atoms with Crippen LogP contribution in [-0.2, 0) is 6.42 Å². The second-order valence-electron chi connectivity index (χ2n) is 4.45. The van der Waals surface area contributed by atoms with Gasteiger partial charge in [0.15, 0.2) is 0 Å². The van der Waals surface area contributed by atoms with Crippen LogP contribution in [-0.4, -0.2) is 12.6 Å². The minimum atomic E-state index is -0.156. The Morgan fingerprint density at radius 2 is 2.06 bits per heavy atom. The zero-order valence-corrected chi connectivity index (χ0v) is 11.5. The highest BCUT2D eigenvalue weighted by molar-refractivity contribution is 6.30. The third-order valence-corrected chi connectivity index (χ3v) is 3.48. The summed E-state index contributed by atoms with van der Waals surface area (Å²) in [6.45, 7) is 7.32. The summed E-state index contributed by atoms with van der Waals surface area (Å²) in [5.74, 6) is 0.277. The molecule has 1 rings (SSSR count). The molecule has 0 bridgehead atoms. The third-order valence-electron chi connectivity index (χ3n) is 3.25. The highest BCUT2D eigenvalue weighted by Crippen LogP contribution is 2.21. The highest BCUT2D eigenvalue weighted by Gasteiger charge is 2.17. The second kappa shape index (κ2) is 6.97. The van der Waals surface area contributed by atoms with E-state index in [-0.39, 0.29) is 5.82 Å². The summed E-state index contributed by atoms with van der Waals surface area (Å²) in [5, 5.41) is 4.00. The molecule has 0 aromatic heterocycles. The van der Waals surface area contributed by atoms with Crippen molar-refractivity contribution in [3.63, 3.8) is 0 Å². The minimum absolute atomic E-state index is 0.156. The molecule has 0 radical (unpaired) electrons. The molecule has 0 aliphatic heterocycles. The van der Waals surface area contributed by atoms with Crippen LogP contribution in [0.25, 0.3) is 0 Å². The van der Waals surface area contributed by atoms with Gasteiger partial charge < -0.3 is 5.32 Å². The topological polar surface area (TPSA) is 12.0 Å². The number of hydrogen-bond acceptors (Lipinski definition) is 1. The lowest BCUT2D eigenvalue weighted by Crippen LogP contribution is -2.34. The van der Waals surface area contributed by atoms with Gasteiger partial charge in [0.05, 0.1) is 0 Å². The first-order chi connectivity index (χ1) is 8.08. The summed E-state index contributed by atoms with van der Waals surface area (Å²) < 4.78 is 13.6. The lowest BCUT2D eigenvalue weighted by molar-refractivity contribution is 0.363. The number of nitrogens with one attached hydrogen (secondary N) is 1. The van der Waals surface area contributed by atoms with E-state index in [0.717, 1.165) is 19.4 Å². The van der Waals surface area contributed by atoms with E-state index in [2.05, 4.69) is 26.1 Å². The fourth-order valence-electron chi connectivity index (χ4n) is 2.15. The fraction of sp³-hybridized carbons (Fsp3) is 0.571. The van der Waals surface area contributed by atoms with Gasteiger partial charge in [-0.2, -0.15) is 0 Å². The van der Waals surface area contributed by atoms with Crippen molar-refractivity contribution in [3.05, 3.63) is 34.6 Å². The Hall–Kier alpha value is -0.600. The van der Waals surface area contributed by atoms with E-state index >= 15 is 0 Å². The Morgan fingerprint density at radius 1 is 1.35 bits per heavy atom. The smallest absolute Gasteiger partial charge is 0.126 e. The largest absolute Gasteiger partial charge is 0.314 e. The van der Waals surface area contributed by atoms with Gasteiger partial charge in [0.1, 0.15) is 5.82 Å². The summed E-state index contributed by atoms with van der Waals surface area (Å²) in [5.41, 5.74) is 0.717. The van der Waals surface area contributed by atoms with Crippen molar-refractivity contribution in [2.75, 3.05) is 6.54 Å². The highest BCUT2D eigenvalue weighted by atomic mass is 35.5. The molecule has 0 fully saturated rings. The van der Waals surface area contributed by atoms with Crippen molar-refractivity contribution in [3.8, 4) is 0 Å². The van der Waals surface area contributed by atoms with E-state index in [4.69, 9.17) is 11.6 Å². The first kappa shape index (κ1) is 14.5. The van der Waals surface area contributed by atoms with Gasteiger partial charge in [-0.25, -0.2) is 4.39 Å². The molecule has 0 saturated heterocycles. The maximum Gasteiger partial charge on any atom is 0.126 e. The van der Waals surface area contributed by atoms with Crippen LogP contribution in [0, 0.1) is 11.7 Å². The molecular formula is C14H21ClFN. The summed E-state index contributed by atoms with van der Waals surface area (Å²) >= 11 is 5.90. The maximum atomic E-state index is 13.6. The molecular weight excluding hydrogens is 237 g/mol. The molecule has 1 nitrogen and oxygen atoms in total. The SMILES string of the molecule is CCNC(C)C(CC)Cc1cc(Cl)ccc1F. The first-order valence-corrected chi connectivity index (χ1v) is 6.63. The standard InChI is InChI=1S/C14H21ClFN/c1-4-11(10(3)17-5-2)8-12-9-13(15)6-7-14(12)16/h6-7,9-11,17H,4-5,8H2,1-3H3. The molecule has 2 atom stereocenters. The molecule has 17 heavy (non-hydrogen) atoms. The minimum Gasteiger partial charge on any atom is -0.314 e. The fourth-order valence-corrected chi connectivity index (χ4v) is 2.34. The van der Waals surface area contributed by atoms with Crippen LogP contribution in [0.5, 0.6) is 0 Å². The Balaban J connectivity index is 2.76. The van der Waals surface area contributed by atoms with Gasteiger partial charge in [-0.3, -0.25) is 0 Å².